The first-order valence-corrected chi connectivity index (χ1v) is 15.6. The third-order valence-corrected chi connectivity index (χ3v) is 10.2. The van der Waals surface area contributed by atoms with E-state index < -0.39 is 50.0 Å². The van der Waals surface area contributed by atoms with Crippen LogP contribution >= 0.6 is 11.3 Å². The lowest BCUT2D eigenvalue weighted by Gasteiger charge is -2.32. The maximum Gasteiger partial charge on any atom is 0.417 e. The van der Waals surface area contributed by atoms with E-state index in [2.05, 4.69) is 15.0 Å². The molecule has 2 aromatic rings. The van der Waals surface area contributed by atoms with Crippen LogP contribution in [0.3, 0.4) is 0 Å². The minimum Gasteiger partial charge on any atom is -0.481 e. The van der Waals surface area contributed by atoms with E-state index in [1.807, 2.05) is 0 Å². The molecule has 3 N–H and O–H groups in total. The molecule has 13 heteroatoms. The number of alkyl halides is 3. The number of amides is 1. The van der Waals surface area contributed by atoms with Crippen LogP contribution in [0, 0.1) is 11.8 Å². The van der Waals surface area contributed by atoms with Gasteiger partial charge in [0.15, 0.2) is 5.01 Å². The van der Waals surface area contributed by atoms with Gasteiger partial charge in [-0.25, -0.2) is 18.1 Å². The van der Waals surface area contributed by atoms with Crippen LogP contribution in [-0.2, 0) is 27.4 Å². The highest BCUT2D eigenvalue weighted by Gasteiger charge is 2.39. The number of carboxylic acid groups (broad SMARTS) is 1. The van der Waals surface area contributed by atoms with Gasteiger partial charge in [0, 0.05) is 11.6 Å². The van der Waals surface area contributed by atoms with Crippen molar-refractivity contribution in [3.05, 3.63) is 34.5 Å². The fraction of sp³-hybridized carbons (Fsp3) is 0.593. The minimum atomic E-state index is -4.95. The number of aliphatic carboxylic acids is 1. The molecule has 1 aromatic heterocycles. The van der Waals surface area contributed by atoms with Crippen LogP contribution in [0.5, 0.6) is 0 Å². The first-order valence-electron chi connectivity index (χ1n) is 13.3. The van der Waals surface area contributed by atoms with Gasteiger partial charge in [0.25, 0.3) is 5.91 Å². The summed E-state index contributed by atoms with van der Waals surface area (Å²) < 4.78 is 70.6. The summed E-state index contributed by atoms with van der Waals surface area (Å²) in [5, 5.41) is 11.9. The van der Waals surface area contributed by atoms with Crippen molar-refractivity contribution in [1.29, 1.82) is 0 Å². The maximum atomic E-state index is 14.2. The zero-order chi connectivity index (χ0) is 29.5. The summed E-state index contributed by atoms with van der Waals surface area (Å²) in [5.74, 6) is -1.64. The first-order chi connectivity index (χ1) is 18.5. The summed E-state index contributed by atoms with van der Waals surface area (Å²) in [6.45, 7) is 4.62. The molecule has 1 heterocycles. The number of nitrogens with one attached hydrogen (secondary N) is 2. The molecule has 1 aromatic carbocycles. The molecule has 2 aliphatic carbocycles. The zero-order valence-corrected chi connectivity index (χ0v) is 24.2. The lowest BCUT2D eigenvalue weighted by Crippen LogP contribution is -2.46. The average molecular weight is 602 g/mol. The molecule has 220 valence electrons. The molecule has 0 aliphatic heterocycles. The number of rotatable bonds is 8. The summed E-state index contributed by atoms with van der Waals surface area (Å²) in [6, 6.07) is 2.80. The minimum absolute atomic E-state index is 0.0826. The molecule has 8 nitrogen and oxygen atoms in total. The van der Waals surface area contributed by atoms with Gasteiger partial charge < -0.3 is 10.4 Å². The number of halogens is 3. The van der Waals surface area contributed by atoms with E-state index in [0.29, 0.717) is 29.8 Å². The van der Waals surface area contributed by atoms with Gasteiger partial charge >= 0.3 is 12.1 Å². The molecule has 2 fully saturated rings. The Bertz CT molecular complexity index is 1370. The molecule has 0 unspecified atom stereocenters. The standard InChI is InChI=1S/C27H34F3N3O5S2/c1-26(2,3)33-40(37,38)21-10-9-16(14-19(21)27(28,29)30)22-20(11-15-7-5-4-6-8-15)32-24(39-22)23(34)31-18-12-17(13-18)25(35)36/h9-10,14-15,17-18,33H,4-8,11-13H2,1-3H3,(H,31,34)(H,35,36). The number of sulfonamides is 1. The van der Waals surface area contributed by atoms with Crippen LogP contribution in [0.15, 0.2) is 23.1 Å². The smallest absolute Gasteiger partial charge is 0.417 e. The normalized spacial score (nSPS) is 20.6. The number of carboxylic acids is 1. The molecular weight excluding hydrogens is 567 g/mol. The summed E-state index contributed by atoms with van der Waals surface area (Å²) in [5.41, 5.74) is -1.63. The van der Waals surface area contributed by atoms with Gasteiger partial charge in [0.1, 0.15) is 0 Å². The summed E-state index contributed by atoms with van der Waals surface area (Å²) in [7, 11) is -4.48. The average Bonchev–Trinajstić information content (AvgIpc) is 3.22. The van der Waals surface area contributed by atoms with Crippen molar-refractivity contribution in [2.45, 2.75) is 94.8 Å². The number of benzene rings is 1. The third kappa shape index (κ3) is 7.22. The van der Waals surface area contributed by atoms with Crippen molar-refractivity contribution >= 4 is 33.2 Å². The van der Waals surface area contributed by atoms with Crippen LogP contribution in [0.1, 0.15) is 86.8 Å². The number of thiazole rings is 1. The van der Waals surface area contributed by atoms with Gasteiger partial charge in [0.05, 0.1) is 26.9 Å². The van der Waals surface area contributed by atoms with Gasteiger partial charge in [-0.2, -0.15) is 13.2 Å². The molecule has 2 saturated carbocycles. The van der Waals surface area contributed by atoms with E-state index in [1.165, 1.54) is 6.07 Å². The number of nitrogens with zero attached hydrogens (tertiary/aromatic N) is 1. The number of carbonyl (C=O) groups is 2. The molecule has 4 rings (SSSR count). The summed E-state index contributed by atoms with van der Waals surface area (Å²) >= 11 is 0.964. The number of hydrogen-bond donors (Lipinski definition) is 3. The van der Waals surface area contributed by atoms with Crippen molar-refractivity contribution in [3.8, 4) is 10.4 Å². The van der Waals surface area contributed by atoms with E-state index >= 15 is 0 Å². The lowest BCUT2D eigenvalue weighted by atomic mass is 9.80. The predicted molar refractivity (Wildman–Crippen MR) is 145 cm³/mol. The van der Waals surface area contributed by atoms with E-state index in [1.54, 1.807) is 20.8 Å². The number of aromatic nitrogens is 1. The van der Waals surface area contributed by atoms with Crippen LogP contribution in [0.25, 0.3) is 10.4 Å². The predicted octanol–water partition coefficient (Wildman–Crippen LogP) is 5.62. The van der Waals surface area contributed by atoms with Gasteiger partial charge in [-0.15, -0.1) is 11.3 Å². The molecule has 0 spiro atoms. The van der Waals surface area contributed by atoms with E-state index in [9.17, 15) is 31.2 Å². The molecule has 0 atom stereocenters. The monoisotopic (exact) mass is 601 g/mol. The molecular formula is C27H34F3N3O5S2. The Morgan fingerprint density at radius 2 is 1.75 bits per heavy atom. The van der Waals surface area contributed by atoms with Crippen molar-refractivity contribution in [3.63, 3.8) is 0 Å². The van der Waals surface area contributed by atoms with Crippen LogP contribution in [-0.4, -0.2) is 42.0 Å². The Morgan fingerprint density at radius 1 is 1.10 bits per heavy atom. The molecule has 1 amide bonds. The summed E-state index contributed by atoms with van der Waals surface area (Å²) in [4.78, 5) is 28.1. The third-order valence-electron chi connectivity index (χ3n) is 7.20. The zero-order valence-electron chi connectivity index (χ0n) is 22.6. The van der Waals surface area contributed by atoms with Crippen molar-refractivity contribution in [2.75, 3.05) is 0 Å². The fourth-order valence-corrected chi connectivity index (χ4v) is 7.87. The Hall–Kier alpha value is -2.51. The van der Waals surface area contributed by atoms with Gasteiger partial charge in [-0.1, -0.05) is 38.2 Å². The Labute approximate surface area is 235 Å². The van der Waals surface area contributed by atoms with Crippen LogP contribution in [0.2, 0.25) is 0 Å². The SMILES string of the molecule is CC(C)(C)NS(=O)(=O)c1ccc(-c2sc(C(=O)NC3CC(C(=O)O)C3)nc2CC2CCCCC2)cc1C(F)(F)F. The Balaban J connectivity index is 1.71. The highest BCUT2D eigenvalue weighted by Crippen LogP contribution is 2.41. The largest absolute Gasteiger partial charge is 0.481 e. The van der Waals surface area contributed by atoms with Crippen LogP contribution < -0.4 is 10.0 Å². The van der Waals surface area contributed by atoms with Crippen molar-refractivity contribution in [2.24, 2.45) is 11.8 Å². The van der Waals surface area contributed by atoms with Crippen molar-refractivity contribution in [1.82, 2.24) is 15.0 Å². The summed E-state index contributed by atoms with van der Waals surface area (Å²) in [6.07, 6.45) is 1.31. The van der Waals surface area contributed by atoms with Gasteiger partial charge in [-0.3, -0.25) is 9.59 Å². The second kappa shape index (κ2) is 11.4. The van der Waals surface area contributed by atoms with Gasteiger partial charge in [-0.05, 0) is 63.6 Å². The second-order valence-corrected chi connectivity index (χ2v) is 14.4. The Kier molecular flexibility index (Phi) is 8.68. The Morgan fingerprint density at radius 3 is 2.33 bits per heavy atom. The lowest BCUT2D eigenvalue weighted by molar-refractivity contribution is -0.145. The highest BCUT2D eigenvalue weighted by molar-refractivity contribution is 7.89. The second-order valence-electron chi connectivity index (χ2n) is 11.7. The first kappa shape index (κ1) is 30.4. The van der Waals surface area contributed by atoms with Gasteiger partial charge in [0.2, 0.25) is 10.0 Å². The van der Waals surface area contributed by atoms with Crippen LogP contribution in [0.4, 0.5) is 13.2 Å². The molecule has 0 saturated heterocycles. The van der Waals surface area contributed by atoms with E-state index in [-0.39, 0.29) is 22.5 Å². The molecule has 2 aliphatic rings. The fourth-order valence-electron chi connectivity index (χ4n) is 5.25. The van der Waals surface area contributed by atoms with E-state index in [4.69, 9.17) is 5.11 Å². The quantitative estimate of drug-likeness (QED) is 0.361. The number of hydrogen-bond acceptors (Lipinski definition) is 6. The highest BCUT2D eigenvalue weighted by atomic mass is 32.2. The molecule has 0 bridgehead atoms. The molecule has 40 heavy (non-hydrogen) atoms. The van der Waals surface area contributed by atoms with E-state index in [0.717, 1.165) is 55.6 Å². The molecule has 0 radical (unpaired) electrons. The topological polar surface area (TPSA) is 125 Å². The van der Waals surface area contributed by atoms with Crippen molar-refractivity contribution < 1.29 is 36.3 Å². The maximum absolute atomic E-state index is 14.2. The number of carbonyl (C=O) groups excluding carboxylic acids is 1.